The highest BCUT2D eigenvalue weighted by atomic mass is 31.2. The van der Waals surface area contributed by atoms with Gasteiger partial charge in [-0.3, -0.25) is 13.8 Å². The van der Waals surface area contributed by atoms with E-state index in [0.29, 0.717) is 6.42 Å². The number of phosphoric acid groups is 1. The fourth-order valence-electron chi connectivity index (χ4n) is 5.01. The molecule has 0 fully saturated rings. The van der Waals surface area contributed by atoms with Crippen molar-refractivity contribution in [3.63, 3.8) is 0 Å². The van der Waals surface area contributed by atoms with E-state index in [2.05, 4.69) is 31.3 Å². The maximum Gasteiger partial charge on any atom is 0.472 e. The minimum atomic E-state index is -4.32. The second-order valence-electron chi connectivity index (χ2n) is 12.1. The van der Waals surface area contributed by atoms with Crippen molar-refractivity contribution in [1.29, 1.82) is 0 Å². The van der Waals surface area contributed by atoms with E-state index >= 15 is 0 Å². The summed E-state index contributed by atoms with van der Waals surface area (Å²) in [4.78, 5) is 22.5. The zero-order valence-electron chi connectivity index (χ0n) is 28.4. The Morgan fingerprint density at radius 2 is 1.18 bits per heavy atom. The number of aliphatic hydroxyl groups is 1. The molecule has 9 heteroatoms. The van der Waals surface area contributed by atoms with Crippen LogP contribution in [-0.2, 0) is 18.4 Å². The van der Waals surface area contributed by atoms with E-state index in [1.54, 1.807) is 6.08 Å². The highest BCUT2D eigenvalue weighted by Gasteiger charge is 2.26. The third kappa shape index (κ3) is 29.7. The van der Waals surface area contributed by atoms with Crippen LogP contribution in [0, 0.1) is 0 Å². The molecule has 0 aromatic heterocycles. The van der Waals surface area contributed by atoms with Crippen LogP contribution in [0.4, 0.5) is 0 Å². The van der Waals surface area contributed by atoms with Crippen molar-refractivity contribution in [2.24, 2.45) is 5.73 Å². The van der Waals surface area contributed by atoms with E-state index in [1.165, 1.54) is 89.9 Å². The molecule has 0 aliphatic rings. The van der Waals surface area contributed by atoms with Crippen LogP contribution in [0.1, 0.15) is 162 Å². The van der Waals surface area contributed by atoms with Gasteiger partial charge in [-0.1, -0.05) is 134 Å². The van der Waals surface area contributed by atoms with Gasteiger partial charge in [0.2, 0.25) is 5.91 Å². The Labute approximate surface area is 270 Å². The highest BCUT2D eigenvalue weighted by Crippen LogP contribution is 2.43. The van der Waals surface area contributed by atoms with Gasteiger partial charge in [0.15, 0.2) is 0 Å². The van der Waals surface area contributed by atoms with Crippen LogP contribution in [0.3, 0.4) is 0 Å². The molecular formula is C35H69N2O6P. The Morgan fingerprint density at radius 3 is 1.68 bits per heavy atom. The van der Waals surface area contributed by atoms with Crippen LogP contribution in [0.2, 0.25) is 0 Å². The lowest BCUT2D eigenvalue weighted by Crippen LogP contribution is -2.45. The molecule has 0 rings (SSSR count). The van der Waals surface area contributed by atoms with Gasteiger partial charge in [-0.25, -0.2) is 4.57 Å². The molecule has 0 saturated heterocycles. The smallest absolute Gasteiger partial charge is 0.387 e. The summed E-state index contributed by atoms with van der Waals surface area (Å²) in [5, 5.41) is 13.5. The third-order valence-electron chi connectivity index (χ3n) is 7.77. The molecule has 0 aliphatic heterocycles. The van der Waals surface area contributed by atoms with Crippen LogP contribution in [0.5, 0.6) is 0 Å². The number of nitrogens with two attached hydrogens (primary N) is 1. The Balaban J connectivity index is 4.29. The van der Waals surface area contributed by atoms with Gasteiger partial charge in [-0.05, 0) is 44.9 Å². The van der Waals surface area contributed by atoms with Gasteiger partial charge in [-0.15, -0.1) is 0 Å². The average Bonchev–Trinajstić information content (AvgIpc) is 3.01. The number of amides is 1. The molecule has 0 radical (unpaired) electrons. The molecule has 0 spiro atoms. The number of hydrogen-bond donors (Lipinski definition) is 4. The second kappa shape index (κ2) is 31.9. The first-order valence-electron chi connectivity index (χ1n) is 18.0. The lowest BCUT2D eigenvalue weighted by atomic mass is 10.1. The number of rotatable bonds is 33. The van der Waals surface area contributed by atoms with E-state index in [9.17, 15) is 19.4 Å². The summed E-state index contributed by atoms with van der Waals surface area (Å²) < 4.78 is 21.9. The highest BCUT2D eigenvalue weighted by molar-refractivity contribution is 7.47. The van der Waals surface area contributed by atoms with Gasteiger partial charge in [0, 0.05) is 13.0 Å². The van der Waals surface area contributed by atoms with Crippen molar-refractivity contribution in [3.05, 3.63) is 24.3 Å². The summed E-state index contributed by atoms with van der Waals surface area (Å²) in [6.45, 7) is 4.07. The largest absolute Gasteiger partial charge is 0.472 e. The van der Waals surface area contributed by atoms with Gasteiger partial charge in [0.25, 0.3) is 0 Å². The van der Waals surface area contributed by atoms with Crippen LogP contribution < -0.4 is 11.1 Å². The van der Waals surface area contributed by atoms with Crippen LogP contribution in [0.25, 0.3) is 0 Å². The number of hydrogen-bond acceptors (Lipinski definition) is 6. The van der Waals surface area contributed by atoms with E-state index in [4.69, 9.17) is 14.8 Å². The summed E-state index contributed by atoms with van der Waals surface area (Å²) in [6.07, 6.45) is 33.7. The Kier molecular flexibility index (Phi) is 31.2. The molecular weight excluding hydrogens is 575 g/mol. The zero-order chi connectivity index (χ0) is 32.6. The van der Waals surface area contributed by atoms with Crippen LogP contribution in [0.15, 0.2) is 24.3 Å². The van der Waals surface area contributed by atoms with Gasteiger partial charge < -0.3 is 21.1 Å². The normalized spacial score (nSPS) is 14.8. The average molecular weight is 645 g/mol. The molecule has 3 atom stereocenters. The molecule has 0 aromatic rings. The monoisotopic (exact) mass is 644 g/mol. The molecule has 260 valence electrons. The molecule has 0 bridgehead atoms. The molecule has 3 unspecified atom stereocenters. The van der Waals surface area contributed by atoms with Crippen molar-refractivity contribution in [1.82, 2.24) is 5.32 Å². The van der Waals surface area contributed by atoms with E-state index in [-0.39, 0.29) is 25.7 Å². The number of phosphoric ester groups is 1. The van der Waals surface area contributed by atoms with E-state index in [1.807, 2.05) is 6.08 Å². The summed E-state index contributed by atoms with van der Waals surface area (Å²) in [5.74, 6) is -0.206. The molecule has 0 heterocycles. The van der Waals surface area contributed by atoms with E-state index < -0.39 is 20.0 Å². The molecule has 0 aromatic carbocycles. The molecule has 0 aliphatic carbocycles. The second-order valence-corrected chi connectivity index (χ2v) is 13.5. The predicted molar refractivity (Wildman–Crippen MR) is 185 cm³/mol. The fourth-order valence-corrected chi connectivity index (χ4v) is 5.77. The lowest BCUT2D eigenvalue weighted by molar-refractivity contribution is -0.123. The first kappa shape index (κ1) is 43.0. The summed E-state index contributed by atoms with van der Waals surface area (Å²) in [5.41, 5.74) is 5.34. The first-order valence-corrected chi connectivity index (χ1v) is 19.5. The predicted octanol–water partition coefficient (Wildman–Crippen LogP) is 9.05. The molecule has 1 amide bonds. The van der Waals surface area contributed by atoms with Crippen molar-refractivity contribution in [3.8, 4) is 0 Å². The minimum absolute atomic E-state index is 0.0774. The fraction of sp³-hybridized carbons (Fsp3) is 0.857. The van der Waals surface area contributed by atoms with Gasteiger partial charge in [0.1, 0.15) is 0 Å². The van der Waals surface area contributed by atoms with Gasteiger partial charge in [-0.2, -0.15) is 0 Å². The molecule has 8 nitrogen and oxygen atoms in total. The van der Waals surface area contributed by atoms with Crippen molar-refractivity contribution in [2.75, 3.05) is 19.8 Å². The summed E-state index contributed by atoms with van der Waals surface area (Å²) in [7, 11) is -4.32. The zero-order valence-corrected chi connectivity index (χ0v) is 29.3. The third-order valence-corrected chi connectivity index (χ3v) is 8.76. The summed E-state index contributed by atoms with van der Waals surface area (Å²) in [6, 6.07) is -0.859. The number of allylic oxidation sites excluding steroid dienone is 3. The maximum atomic E-state index is 12.6. The Hall–Kier alpha value is -1.02. The standard InChI is InChI=1S/C35H69N2O6P/c1-3-5-7-9-11-13-14-15-16-17-18-19-21-23-25-27-29-35(39)37-33(32-43-44(40,41)42-31-30-36)34(38)28-26-24-22-20-12-10-8-6-4-2/h16-17,26,28,33-34,38H,3-15,18-25,27,29-32,36H2,1-2H3,(H,37,39)(H,40,41)/b17-16-,28-26+. The summed E-state index contributed by atoms with van der Waals surface area (Å²) >= 11 is 0. The molecule has 44 heavy (non-hydrogen) atoms. The number of unbranched alkanes of at least 4 members (excludes halogenated alkanes) is 19. The first-order chi connectivity index (χ1) is 21.4. The van der Waals surface area contributed by atoms with Gasteiger partial charge in [0.05, 0.1) is 25.4 Å². The van der Waals surface area contributed by atoms with Crippen LogP contribution >= 0.6 is 7.82 Å². The number of carbonyl (C=O) groups excluding carboxylic acids is 1. The number of carbonyl (C=O) groups is 1. The Morgan fingerprint density at radius 1 is 0.727 bits per heavy atom. The van der Waals surface area contributed by atoms with E-state index in [0.717, 1.165) is 51.4 Å². The Bertz CT molecular complexity index is 749. The SMILES string of the molecule is CCCCCCCCC/C=C\CCCCCCCC(=O)NC(COP(=O)(O)OCCN)C(O)/C=C/CCCCCCCCC. The lowest BCUT2D eigenvalue weighted by Gasteiger charge is -2.23. The number of aliphatic hydroxyl groups excluding tert-OH is 1. The molecule has 5 N–H and O–H groups in total. The quantitative estimate of drug-likeness (QED) is 0.0318. The minimum Gasteiger partial charge on any atom is -0.387 e. The molecule has 0 saturated carbocycles. The van der Waals surface area contributed by atoms with Crippen molar-refractivity contribution >= 4 is 13.7 Å². The van der Waals surface area contributed by atoms with Crippen molar-refractivity contribution < 1.29 is 28.4 Å². The number of nitrogens with one attached hydrogen (secondary N) is 1. The van der Waals surface area contributed by atoms with Gasteiger partial charge >= 0.3 is 7.82 Å². The van der Waals surface area contributed by atoms with Crippen LogP contribution in [-0.4, -0.2) is 47.8 Å². The van der Waals surface area contributed by atoms with Crippen molar-refractivity contribution in [2.45, 2.75) is 174 Å². The topological polar surface area (TPSA) is 131 Å². The maximum absolute atomic E-state index is 12.6.